The van der Waals surface area contributed by atoms with Crippen LogP contribution in [-0.4, -0.2) is 20.6 Å². The molecule has 0 saturated heterocycles. The van der Waals surface area contributed by atoms with Crippen LogP contribution >= 0.6 is 0 Å². The summed E-state index contributed by atoms with van der Waals surface area (Å²) >= 11 is 0. The largest absolute Gasteiger partial charge is 0.481 e. The lowest BCUT2D eigenvalue weighted by molar-refractivity contribution is -0.137. The van der Waals surface area contributed by atoms with Crippen LogP contribution in [0.25, 0.3) is 10.9 Å². The monoisotopic (exact) mass is 272 g/mol. The van der Waals surface area contributed by atoms with E-state index in [9.17, 15) is 9.59 Å². The topological polar surface area (TPSA) is 72.2 Å². The van der Waals surface area contributed by atoms with Crippen molar-refractivity contribution in [1.82, 2.24) is 9.55 Å². The van der Waals surface area contributed by atoms with Crippen LogP contribution < -0.4 is 5.56 Å². The molecule has 1 N–H and O–H groups in total. The second kappa shape index (κ2) is 6.14. The molecule has 0 radical (unpaired) electrons. The molecule has 0 spiro atoms. The minimum absolute atomic E-state index is 0.0663. The Bertz CT molecular complexity index is 704. The third-order valence-electron chi connectivity index (χ3n) is 3.04. The number of aryl methyl sites for hydroxylation is 1. The van der Waals surface area contributed by atoms with Gasteiger partial charge in [0.1, 0.15) is 5.82 Å². The molecule has 2 aromatic rings. The van der Waals surface area contributed by atoms with Gasteiger partial charge in [0.2, 0.25) is 0 Å². The zero-order chi connectivity index (χ0) is 14.5. The second-order valence-corrected chi connectivity index (χ2v) is 4.50. The fourth-order valence-electron chi connectivity index (χ4n) is 2.12. The number of benzene rings is 1. The number of nitrogens with zero attached hydrogens (tertiary/aromatic N) is 2. The molecule has 0 saturated carbocycles. The van der Waals surface area contributed by atoms with Gasteiger partial charge in [-0.1, -0.05) is 18.2 Å². The number of para-hydroxylation sites is 1. The van der Waals surface area contributed by atoms with Gasteiger partial charge in [0.15, 0.2) is 0 Å². The van der Waals surface area contributed by atoms with E-state index in [2.05, 4.69) is 11.6 Å². The predicted octanol–water partition coefficient (Wildman–Crippen LogP) is 1.99. The summed E-state index contributed by atoms with van der Waals surface area (Å²) in [5.41, 5.74) is 0.531. The van der Waals surface area contributed by atoms with Crippen LogP contribution in [0.5, 0.6) is 0 Å². The van der Waals surface area contributed by atoms with Gasteiger partial charge in [-0.25, -0.2) is 4.98 Å². The first kappa shape index (κ1) is 14.0. The zero-order valence-corrected chi connectivity index (χ0v) is 11.1. The first-order valence-corrected chi connectivity index (χ1v) is 6.44. The summed E-state index contributed by atoms with van der Waals surface area (Å²) in [6.45, 7) is 4.02. The second-order valence-electron chi connectivity index (χ2n) is 4.50. The molecule has 0 aliphatic heterocycles. The summed E-state index contributed by atoms with van der Waals surface area (Å²) in [4.78, 5) is 27.4. The van der Waals surface area contributed by atoms with Crippen molar-refractivity contribution in [3.8, 4) is 0 Å². The van der Waals surface area contributed by atoms with Gasteiger partial charge in [-0.3, -0.25) is 14.2 Å². The van der Waals surface area contributed by atoms with E-state index in [0.717, 1.165) is 0 Å². The Morgan fingerprint density at radius 3 is 2.85 bits per heavy atom. The van der Waals surface area contributed by atoms with Crippen molar-refractivity contribution in [2.45, 2.75) is 25.8 Å². The van der Waals surface area contributed by atoms with Crippen molar-refractivity contribution in [2.24, 2.45) is 0 Å². The van der Waals surface area contributed by atoms with E-state index in [0.29, 0.717) is 36.1 Å². The van der Waals surface area contributed by atoms with Gasteiger partial charge in [0.25, 0.3) is 5.56 Å². The number of carboxylic acids is 1. The Morgan fingerprint density at radius 2 is 2.15 bits per heavy atom. The molecule has 0 amide bonds. The predicted molar refractivity (Wildman–Crippen MR) is 76.8 cm³/mol. The van der Waals surface area contributed by atoms with Crippen molar-refractivity contribution in [3.63, 3.8) is 0 Å². The number of rotatable bonds is 6. The maximum absolute atomic E-state index is 12.4. The van der Waals surface area contributed by atoms with E-state index >= 15 is 0 Å². The first-order chi connectivity index (χ1) is 9.63. The molecule has 5 heteroatoms. The number of fused-ring (bicyclic) bond motifs is 1. The molecule has 0 aliphatic carbocycles. The lowest BCUT2D eigenvalue weighted by atomic mass is 10.2. The Labute approximate surface area is 116 Å². The lowest BCUT2D eigenvalue weighted by Gasteiger charge is -2.11. The van der Waals surface area contributed by atoms with Gasteiger partial charge in [-0.2, -0.15) is 0 Å². The molecule has 104 valence electrons. The fraction of sp³-hybridized carbons (Fsp3) is 0.267. The molecule has 20 heavy (non-hydrogen) atoms. The number of hydrogen-bond donors (Lipinski definition) is 1. The highest BCUT2D eigenvalue weighted by Crippen LogP contribution is 2.10. The molecule has 0 fully saturated rings. The van der Waals surface area contributed by atoms with Crippen LogP contribution in [0.15, 0.2) is 41.7 Å². The summed E-state index contributed by atoms with van der Waals surface area (Å²) in [5, 5.41) is 9.25. The Morgan fingerprint density at radius 1 is 1.40 bits per heavy atom. The molecule has 1 aromatic heterocycles. The zero-order valence-electron chi connectivity index (χ0n) is 11.1. The maximum atomic E-state index is 12.4. The lowest BCUT2D eigenvalue weighted by Crippen LogP contribution is -2.25. The standard InChI is InChI=1S/C15H16N2O3/c1-2-10-17-13(8-5-9-14(18)19)16-12-7-4-3-6-11(12)15(17)20/h2-4,6-7H,1,5,8-10H2,(H,18,19). The van der Waals surface area contributed by atoms with Gasteiger partial charge in [0, 0.05) is 19.4 Å². The van der Waals surface area contributed by atoms with Crippen LogP contribution in [0, 0.1) is 0 Å². The number of aromatic nitrogens is 2. The summed E-state index contributed by atoms with van der Waals surface area (Å²) in [6, 6.07) is 7.16. The SMILES string of the molecule is C=CCn1c(CCCC(=O)O)nc2ccccc2c1=O. The molecule has 0 atom stereocenters. The number of carboxylic acid groups (broad SMARTS) is 1. The number of hydrogen-bond acceptors (Lipinski definition) is 3. The van der Waals surface area contributed by atoms with Crippen molar-refractivity contribution >= 4 is 16.9 Å². The first-order valence-electron chi connectivity index (χ1n) is 6.44. The van der Waals surface area contributed by atoms with Crippen molar-refractivity contribution in [3.05, 3.63) is 53.1 Å². The van der Waals surface area contributed by atoms with Crippen LogP contribution in [0.3, 0.4) is 0 Å². The Hall–Kier alpha value is -2.43. The molecule has 5 nitrogen and oxygen atoms in total. The molecule has 2 rings (SSSR count). The van der Waals surface area contributed by atoms with Crippen molar-refractivity contribution in [1.29, 1.82) is 0 Å². The van der Waals surface area contributed by atoms with Gasteiger partial charge in [-0.05, 0) is 18.6 Å². The van der Waals surface area contributed by atoms with E-state index in [-0.39, 0.29) is 12.0 Å². The summed E-state index contributed by atoms with van der Waals surface area (Å²) in [6.07, 6.45) is 2.62. The van der Waals surface area contributed by atoms with E-state index in [1.165, 1.54) is 0 Å². The van der Waals surface area contributed by atoms with Gasteiger partial charge >= 0.3 is 5.97 Å². The molecule has 0 aliphatic rings. The number of aliphatic carboxylic acids is 1. The molecular weight excluding hydrogens is 256 g/mol. The van der Waals surface area contributed by atoms with E-state index < -0.39 is 5.97 Å². The molecule has 0 unspecified atom stereocenters. The highest BCUT2D eigenvalue weighted by molar-refractivity contribution is 5.77. The van der Waals surface area contributed by atoms with Gasteiger partial charge in [-0.15, -0.1) is 6.58 Å². The van der Waals surface area contributed by atoms with E-state index in [4.69, 9.17) is 5.11 Å². The minimum Gasteiger partial charge on any atom is -0.481 e. The van der Waals surface area contributed by atoms with Crippen LogP contribution in [0.2, 0.25) is 0 Å². The van der Waals surface area contributed by atoms with Crippen LogP contribution in [0.1, 0.15) is 18.7 Å². The average molecular weight is 272 g/mol. The molecular formula is C15H16N2O3. The van der Waals surface area contributed by atoms with Crippen LogP contribution in [0.4, 0.5) is 0 Å². The average Bonchev–Trinajstić information content (AvgIpc) is 2.42. The maximum Gasteiger partial charge on any atom is 0.303 e. The van der Waals surface area contributed by atoms with E-state index in [1.54, 1.807) is 28.8 Å². The van der Waals surface area contributed by atoms with Crippen molar-refractivity contribution in [2.75, 3.05) is 0 Å². The summed E-state index contributed by atoms with van der Waals surface area (Å²) < 4.78 is 1.55. The number of allylic oxidation sites excluding steroid dienone is 1. The molecule has 0 bridgehead atoms. The fourth-order valence-corrected chi connectivity index (χ4v) is 2.12. The Balaban J connectivity index is 2.45. The van der Waals surface area contributed by atoms with Crippen molar-refractivity contribution < 1.29 is 9.90 Å². The third-order valence-corrected chi connectivity index (χ3v) is 3.04. The summed E-state index contributed by atoms with van der Waals surface area (Å²) in [5.74, 6) is -0.238. The quantitative estimate of drug-likeness (QED) is 0.816. The molecule has 1 heterocycles. The highest BCUT2D eigenvalue weighted by Gasteiger charge is 2.10. The number of carbonyl (C=O) groups is 1. The Kier molecular flexibility index (Phi) is 4.30. The normalized spacial score (nSPS) is 10.6. The smallest absolute Gasteiger partial charge is 0.303 e. The highest BCUT2D eigenvalue weighted by atomic mass is 16.4. The van der Waals surface area contributed by atoms with Crippen LogP contribution in [-0.2, 0) is 17.8 Å². The minimum atomic E-state index is -0.844. The third kappa shape index (κ3) is 2.93. The van der Waals surface area contributed by atoms with Gasteiger partial charge in [0.05, 0.1) is 10.9 Å². The van der Waals surface area contributed by atoms with E-state index in [1.807, 2.05) is 6.07 Å². The van der Waals surface area contributed by atoms with Gasteiger partial charge < -0.3 is 5.11 Å². The summed E-state index contributed by atoms with van der Waals surface area (Å²) in [7, 11) is 0. The molecule has 1 aromatic carbocycles.